The largest absolute Gasteiger partial charge is 0.490 e. The molecule has 2 atom stereocenters. The molecule has 21 heavy (non-hydrogen) atoms. The van der Waals surface area contributed by atoms with Crippen molar-refractivity contribution in [3.63, 3.8) is 0 Å². The molecule has 2 nitrogen and oxygen atoms in total. The predicted molar refractivity (Wildman–Crippen MR) is 84.5 cm³/mol. The van der Waals surface area contributed by atoms with E-state index >= 15 is 0 Å². The van der Waals surface area contributed by atoms with Crippen molar-refractivity contribution in [1.29, 1.82) is 0 Å². The number of benzene rings is 2. The Balaban J connectivity index is 1.74. The van der Waals surface area contributed by atoms with Gasteiger partial charge in [0.15, 0.2) is 0 Å². The zero-order valence-corrected chi connectivity index (χ0v) is 12.4. The van der Waals surface area contributed by atoms with Crippen LogP contribution >= 0.6 is 0 Å². The first-order valence-corrected chi connectivity index (χ1v) is 7.77. The van der Waals surface area contributed by atoms with Crippen molar-refractivity contribution in [2.24, 2.45) is 0 Å². The lowest BCUT2D eigenvalue weighted by Crippen LogP contribution is -2.10. The highest BCUT2D eigenvalue weighted by Gasteiger charge is 2.24. The second-order valence-electron chi connectivity index (χ2n) is 5.76. The van der Waals surface area contributed by atoms with Crippen LogP contribution in [0.4, 0.5) is 0 Å². The Morgan fingerprint density at radius 3 is 2.24 bits per heavy atom. The van der Waals surface area contributed by atoms with Crippen LogP contribution in [0.5, 0.6) is 5.75 Å². The molecule has 0 spiro atoms. The van der Waals surface area contributed by atoms with Gasteiger partial charge in [0.25, 0.3) is 0 Å². The van der Waals surface area contributed by atoms with Gasteiger partial charge in [-0.15, -0.1) is 0 Å². The molecule has 3 rings (SSSR count). The van der Waals surface area contributed by atoms with E-state index in [9.17, 15) is 5.11 Å². The lowest BCUT2D eigenvalue weighted by atomic mass is 9.87. The van der Waals surface area contributed by atoms with Crippen molar-refractivity contribution in [2.45, 2.75) is 44.3 Å². The molecule has 2 heteroatoms. The van der Waals surface area contributed by atoms with Crippen molar-refractivity contribution < 1.29 is 9.84 Å². The highest BCUT2D eigenvalue weighted by Crippen LogP contribution is 2.34. The van der Waals surface area contributed by atoms with E-state index in [2.05, 4.69) is 19.1 Å². The Bertz CT molecular complexity index is 558. The zero-order valence-electron chi connectivity index (χ0n) is 12.4. The topological polar surface area (TPSA) is 29.5 Å². The summed E-state index contributed by atoms with van der Waals surface area (Å²) in [6.45, 7) is 2.12. The molecular formula is C19H22O2. The van der Waals surface area contributed by atoms with Gasteiger partial charge in [-0.3, -0.25) is 0 Å². The van der Waals surface area contributed by atoms with Gasteiger partial charge in [0.1, 0.15) is 5.75 Å². The summed E-state index contributed by atoms with van der Waals surface area (Å²) in [7, 11) is 0. The summed E-state index contributed by atoms with van der Waals surface area (Å²) in [5.74, 6) is 1.03. The number of hydrogen-bond donors (Lipinski definition) is 1. The number of aliphatic hydroxyl groups is 1. The summed E-state index contributed by atoms with van der Waals surface area (Å²) in [4.78, 5) is 0. The minimum atomic E-state index is -0.479. The molecule has 0 saturated heterocycles. The molecule has 0 bridgehead atoms. The van der Waals surface area contributed by atoms with Crippen LogP contribution in [-0.4, -0.2) is 11.2 Å². The molecule has 1 aliphatic carbocycles. The van der Waals surface area contributed by atoms with Crippen molar-refractivity contribution in [2.75, 3.05) is 0 Å². The monoisotopic (exact) mass is 282 g/mol. The summed E-state index contributed by atoms with van der Waals surface area (Å²) >= 11 is 0. The maximum Gasteiger partial charge on any atom is 0.119 e. The van der Waals surface area contributed by atoms with Crippen LogP contribution in [0.25, 0.3) is 0 Å². The molecule has 0 aromatic heterocycles. The molecule has 0 radical (unpaired) electrons. The van der Waals surface area contributed by atoms with Crippen LogP contribution in [0.1, 0.15) is 49.3 Å². The summed E-state index contributed by atoms with van der Waals surface area (Å²) in [6.07, 6.45) is 3.17. The van der Waals surface area contributed by atoms with Gasteiger partial charge < -0.3 is 9.84 Å². The van der Waals surface area contributed by atoms with Crippen LogP contribution in [0, 0.1) is 0 Å². The average molecular weight is 282 g/mol. The maximum absolute atomic E-state index is 10.7. The molecule has 0 amide bonds. The number of ether oxygens (including phenoxy) is 1. The summed E-state index contributed by atoms with van der Waals surface area (Å²) in [6, 6.07) is 18.1. The van der Waals surface area contributed by atoms with Crippen molar-refractivity contribution in [1.82, 2.24) is 0 Å². The summed E-state index contributed by atoms with van der Waals surface area (Å²) in [5, 5.41) is 10.7. The summed E-state index contributed by atoms with van der Waals surface area (Å²) in [5.41, 5.74) is 2.14. The highest BCUT2D eigenvalue weighted by atomic mass is 16.5. The van der Waals surface area contributed by atoms with Crippen LogP contribution in [0.15, 0.2) is 54.6 Å². The van der Waals surface area contributed by atoms with Gasteiger partial charge in [0, 0.05) is 5.92 Å². The van der Waals surface area contributed by atoms with E-state index in [0.29, 0.717) is 6.10 Å². The van der Waals surface area contributed by atoms with Gasteiger partial charge >= 0.3 is 0 Å². The average Bonchev–Trinajstić information content (AvgIpc) is 3.34. The minimum absolute atomic E-state index is 0.126. The van der Waals surface area contributed by atoms with E-state index < -0.39 is 6.10 Å². The molecule has 110 valence electrons. The predicted octanol–water partition coefficient (Wildman–Crippen LogP) is 4.46. The second kappa shape index (κ2) is 6.31. The standard InChI is InChI=1S/C19H22O2/c1-2-18(14-6-4-3-5-7-14)19(20)15-8-10-16(11-9-15)21-17-12-13-17/h3-11,17-20H,2,12-13H2,1H3. The number of rotatable bonds is 6. The molecule has 1 fully saturated rings. The summed E-state index contributed by atoms with van der Waals surface area (Å²) < 4.78 is 5.75. The van der Waals surface area contributed by atoms with Crippen molar-refractivity contribution in [3.8, 4) is 5.75 Å². The Morgan fingerprint density at radius 1 is 1.00 bits per heavy atom. The van der Waals surface area contributed by atoms with Gasteiger partial charge in [-0.2, -0.15) is 0 Å². The SMILES string of the molecule is CCC(c1ccccc1)C(O)c1ccc(OC2CC2)cc1. The van der Waals surface area contributed by atoms with Gasteiger partial charge in [-0.1, -0.05) is 49.4 Å². The number of aliphatic hydroxyl groups excluding tert-OH is 1. The Kier molecular flexibility index (Phi) is 4.26. The normalized spacial score (nSPS) is 17.2. The van der Waals surface area contributed by atoms with E-state index in [4.69, 9.17) is 4.74 Å². The molecule has 1 N–H and O–H groups in total. The van der Waals surface area contributed by atoms with E-state index in [1.807, 2.05) is 42.5 Å². The third-order valence-electron chi connectivity index (χ3n) is 4.10. The molecule has 1 aliphatic rings. The maximum atomic E-state index is 10.7. The van der Waals surface area contributed by atoms with E-state index in [1.165, 1.54) is 5.56 Å². The molecule has 2 unspecified atom stereocenters. The molecule has 2 aromatic rings. The van der Waals surface area contributed by atoms with E-state index in [1.54, 1.807) is 0 Å². The first kappa shape index (κ1) is 14.2. The molecule has 2 aromatic carbocycles. The molecule has 0 heterocycles. The van der Waals surface area contributed by atoms with Crippen LogP contribution in [0.3, 0.4) is 0 Å². The van der Waals surface area contributed by atoms with Gasteiger partial charge in [0.05, 0.1) is 12.2 Å². The minimum Gasteiger partial charge on any atom is -0.490 e. The molecular weight excluding hydrogens is 260 g/mol. The molecule has 0 aliphatic heterocycles. The highest BCUT2D eigenvalue weighted by molar-refractivity contribution is 5.32. The lowest BCUT2D eigenvalue weighted by Gasteiger charge is -2.22. The smallest absolute Gasteiger partial charge is 0.119 e. The Labute approximate surface area is 126 Å². The Hall–Kier alpha value is -1.80. The fourth-order valence-corrected chi connectivity index (χ4v) is 2.70. The van der Waals surface area contributed by atoms with Crippen molar-refractivity contribution >= 4 is 0 Å². The zero-order chi connectivity index (χ0) is 14.7. The number of hydrogen-bond acceptors (Lipinski definition) is 2. The first-order valence-electron chi connectivity index (χ1n) is 7.77. The third kappa shape index (κ3) is 3.45. The van der Waals surface area contributed by atoms with Crippen LogP contribution in [0.2, 0.25) is 0 Å². The van der Waals surface area contributed by atoms with E-state index in [-0.39, 0.29) is 5.92 Å². The molecule has 1 saturated carbocycles. The fourth-order valence-electron chi connectivity index (χ4n) is 2.70. The quantitative estimate of drug-likeness (QED) is 0.848. The Morgan fingerprint density at radius 2 is 1.67 bits per heavy atom. The first-order chi connectivity index (χ1) is 10.3. The van der Waals surface area contributed by atoms with Gasteiger partial charge in [-0.05, 0) is 42.5 Å². The van der Waals surface area contributed by atoms with Crippen molar-refractivity contribution in [3.05, 3.63) is 65.7 Å². The van der Waals surface area contributed by atoms with Gasteiger partial charge in [0.2, 0.25) is 0 Å². The lowest BCUT2D eigenvalue weighted by molar-refractivity contribution is 0.142. The fraction of sp³-hybridized carbons (Fsp3) is 0.368. The third-order valence-corrected chi connectivity index (χ3v) is 4.10. The van der Waals surface area contributed by atoms with Gasteiger partial charge in [-0.25, -0.2) is 0 Å². The second-order valence-corrected chi connectivity index (χ2v) is 5.76. The van der Waals surface area contributed by atoms with Crippen LogP contribution in [-0.2, 0) is 0 Å². The van der Waals surface area contributed by atoms with E-state index in [0.717, 1.165) is 30.6 Å². The van der Waals surface area contributed by atoms with Crippen LogP contribution < -0.4 is 4.74 Å².